The molecule has 5 heteroatoms. The molecule has 0 atom stereocenters. The summed E-state index contributed by atoms with van der Waals surface area (Å²) < 4.78 is 9.22. The Morgan fingerprint density at radius 1 is 1.21 bits per heavy atom. The summed E-state index contributed by atoms with van der Waals surface area (Å²) in [5.41, 5.74) is 6.47. The van der Waals surface area contributed by atoms with Crippen LogP contribution >= 0.6 is 11.6 Å². The zero-order valence-electron chi connectivity index (χ0n) is 8.50. The van der Waals surface area contributed by atoms with Crippen molar-refractivity contribution in [3.05, 3.63) is 34.9 Å². The lowest BCUT2D eigenvalue weighted by atomic mass is 10.2. The van der Waals surface area contributed by atoms with Crippen molar-refractivity contribution >= 4 is 21.6 Å². The average molecular weight is 234 g/mol. The Hall–Kier alpha value is -0.393. The summed E-state index contributed by atoms with van der Waals surface area (Å²) in [6, 6.07) is 7.51. The van der Waals surface area contributed by atoms with E-state index < -0.39 is 10.0 Å². The van der Waals surface area contributed by atoms with Crippen LogP contribution < -0.4 is 5.73 Å². The van der Waals surface area contributed by atoms with E-state index in [-0.39, 0.29) is 0 Å². The van der Waals surface area contributed by atoms with Crippen molar-refractivity contribution in [3.63, 3.8) is 0 Å². The third kappa shape index (κ3) is 7.05. The van der Waals surface area contributed by atoms with E-state index >= 15 is 0 Å². The van der Waals surface area contributed by atoms with Crippen molar-refractivity contribution < 1.29 is 8.85 Å². The minimum absolute atomic E-state index is 0.568. The van der Waals surface area contributed by atoms with Crippen LogP contribution in [0.2, 0.25) is 5.02 Å². The van der Waals surface area contributed by atoms with Crippen LogP contribution in [-0.2, 0) is 15.4 Å². The normalized spacial score (nSPS) is 9.14. The van der Waals surface area contributed by atoms with Crippen LogP contribution in [0.1, 0.15) is 5.56 Å². The number of benzene rings is 1. The minimum atomic E-state index is -0.568. The SMILES string of the molecule is CO[SiH2]OC.NCc1ccc(Cl)cc1. The maximum atomic E-state index is 5.63. The quantitative estimate of drug-likeness (QED) is 0.795. The molecular formula is C9H16ClNO2Si. The first-order valence-electron chi connectivity index (χ1n) is 4.17. The maximum Gasteiger partial charge on any atom is 0.303 e. The molecule has 0 amide bonds. The van der Waals surface area contributed by atoms with Gasteiger partial charge in [0, 0.05) is 25.8 Å². The zero-order chi connectivity index (χ0) is 10.8. The third-order valence-electron chi connectivity index (χ3n) is 1.38. The summed E-state index contributed by atoms with van der Waals surface area (Å²) in [6.45, 7) is 0.581. The smallest absolute Gasteiger partial charge is 0.303 e. The van der Waals surface area contributed by atoms with Crippen molar-refractivity contribution in [3.8, 4) is 0 Å². The molecule has 3 nitrogen and oxygen atoms in total. The summed E-state index contributed by atoms with van der Waals surface area (Å²) in [5.74, 6) is 0. The summed E-state index contributed by atoms with van der Waals surface area (Å²) in [6.07, 6.45) is 0. The molecule has 0 heterocycles. The van der Waals surface area contributed by atoms with E-state index in [1.165, 1.54) is 0 Å². The molecule has 0 aliphatic heterocycles. The molecule has 0 spiro atoms. The van der Waals surface area contributed by atoms with Gasteiger partial charge in [-0.15, -0.1) is 0 Å². The molecule has 0 aromatic heterocycles. The number of halogens is 1. The molecular weight excluding hydrogens is 218 g/mol. The van der Waals surface area contributed by atoms with Gasteiger partial charge in [-0.1, -0.05) is 23.7 Å². The van der Waals surface area contributed by atoms with Crippen molar-refractivity contribution in [2.75, 3.05) is 14.2 Å². The highest BCUT2D eigenvalue weighted by atomic mass is 35.5. The molecule has 2 N–H and O–H groups in total. The molecule has 0 fully saturated rings. The van der Waals surface area contributed by atoms with Crippen LogP contribution in [0.15, 0.2) is 24.3 Å². The largest absolute Gasteiger partial charge is 0.402 e. The Balaban J connectivity index is 0.000000292. The van der Waals surface area contributed by atoms with Gasteiger partial charge < -0.3 is 14.6 Å². The van der Waals surface area contributed by atoms with Gasteiger partial charge in [-0.05, 0) is 17.7 Å². The van der Waals surface area contributed by atoms with Gasteiger partial charge in [0.05, 0.1) is 0 Å². The van der Waals surface area contributed by atoms with E-state index in [2.05, 4.69) is 8.85 Å². The van der Waals surface area contributed by atoms with Crippen LogP contribution in [0.5, 0.6) is 0 Å². The van der Waals surface area contributed by atoms with Gasteiger partial charge in [-0.25, -0.2) is 0 Å². The molecule has 0 aliphatic carbocycles. The van der Waals surface area contributed by atoms with Crippen molar-refractivity contribution in [1.82, 2.24) is 0 Å². The molecule has 1 rings (SSSR count). The second kappa shape index (κ2) is 9.17. The molecule has 0 radical (unpaired) electrons. The fourth-order valence-corrected chi connectivity index (χ4v) is 1.10. The number of hydrogen-bond acceptors (Lipinski definition) is 3. The van der Waals surface area contributed by atoms with Crippen LogP contribution in [0.4, 0.5) is 0 Å². The monoisotopic (exact) mass is 233 g/mol. The maximum absolute atomic E-state index is 5.63. The Bertz CT molecular complexity index is 229. The minimum Gasteiger partial charge on any atom is -0.402 e. The summed E-state index contributed by atoms with van der Waals surface area (Å²) >= 11 is 5.63. The third-order valence-corrected chi connectivity index (χ3v) is 2.11. The Morgan fingerprint density at radius 2 is 1.71 bits per heavy atom. The summed E-state index contributed by atoms with van der Waals surface area (Å²) in [5, 5.41) is 0.757. The van der Waals surface area contributed by atoms with Crippen molar-refractivity contribution in [1.29, 1.82) is 0 Å². The highest BCUT2D eigenvalue weighted by Crippen LogP contribution is 2.08. The number of nitrogens with two attached hydrogens (primary N) is 1. The zero-order valence-corrected chi connectivity index (χ0v) is 10.7. The predicted octanol–water partition coefficient (Wildman–Crippen LogP) is 1.08. The van der Waals surface area contributed by atoms with E-state index in [1.54, 1.807) is 14.2 Å². The second-order valence-corrected chi connectivity index (χ2v) is 4.35. The Morgan fingerprint density at radius 3 is 2.00 bits per heavy atom. The lowest BCUT2D eigenvalue weighted by Crippen LogP contribution is -1.94. The van der Waals surface area contributed by atoms with Gasteiger partial charge in [0.15, 0.2) is 0 Å². The van der Waals surface area contributed by atoms with Gasteiger partial charge in [0.2, 0.25) is 0 Å². The van der Waals surface area contributed by atoms with Gasteiger partial charge in [-0.3, -0.25) is 0 Å². The summed E-state index contributed by atoms with van der Waals surface area (Å²) in [7, 11) is 2.73. The van der Waals surface area contributed by atoms with Crippen LogP contribution in [0.3, 0.4) is 0 Å². The second-order valence-electron chi connectivity index (χ2n) is 2.53. The predicted molar refractivity (Wildman–Crippen MR) is 61.9 cm³/mol. The molecule has 0 bridgehead atoms. The van der Waals surface area contributed by atoms with Gasteiger partial charge >= 0.3 is 10.0 Å². The van der Waals surface area contributed by atoms with Crippen LogP contribution in [0.25, 0.3) is 0 Å². The van der Waals surface area contributed by atoms with E-state index in [0.29, 0.717) is 6.54 Å². The topological polar surface area (TPSA) is 44.5 Å². The average Bonchev–Trinajstić information content (AvgIpc) is 2.21. The van der Waals surface area contributed by atoms with Gasteiger partial charge in [0.1, 0.15) is 0 Å². The standard InChI is InChI=1S/C7H8ClN.C2H8O2Si/c8-7-3-1-6(5-9)2-4-7;1-3-5-4-2/h1-4H,5,9H2;5H2,1-2H3. The van der Waals surface area contributed by atoms with Crippen molar-refractivity contribution in [2.45, 2.75) is 6.54 Å². The fourth-order valence-electron chi connectivity index (χ4n) is 0.738. The lowest BCUT2D eigenvalue weighted by molar-refractivity contribution is 0.309. The van der Waals surface area contributed by atoms with Gasteiger partial charge in [-0.2, -0.15) is 0 Å². The Kier molecular flexibility index (Phi) is 8.92. The highest BCUT2D eigenvalue weighted by Gasteiger charge is 1.86. The van der Waals surface area contributed by atoms with E-state index in [4.69, 9.17) is 17.3 Å². The summed E-state index contributed by atoms with van der Waals surface area (Å²) in [4.78, 5) is 0. The van der Waals surface area contributed by atoms with Crippen LogP contribution in [-0.4, -0.2) is 24.2 Å². The van der Waals surface area contributed by atoms with Crippen molar-refractivity contribution in [2.24, 2.45) is 5.73 Å². The first-order chi connectivity index (χ1) is 6.74. The first-order valence-corrected chi connectivity index (χ1v) is 5.70. The van der Waals surface area contributed by atoms with E-state index in [1.807, 2.05) is 24.3 Å². The molecule has 0 aliphatic rings. The van der Waals surface area contributed by atoms with Gasteiger partial charge in [0.25, 0.3) is 0 Å². The molecule has 0 saturated carbocycles. The molecule has 80 valence electrons. The van der Waals surface area contributed by atoms with Crippen LogP contribution in [0, 0.1) is 0 Å². The highest BCUT2D eigenvalue weighted by molar-refractivity contribution is 6.30. The lowest BCUT2D eigenvalue weighted by Gasteiger charge is -1.93. The molecule has 1 aromatic rings. The Labute approximate surface area is 92.2 Å². The first kappa shape index (κ1) is 13.6. The fraction of sp³-hybridized carbons (Fsp3) is 0.333. The number of rotatable bonds is 3. The molecule has 1 aromatic carbocycles. The van der Waals surface area contributed by atoms with E-state index in [0.717, 1.165) is 10.6 Å². The molecule has 14 heavy (non-hydrogen) atoms. The molecule has 0 unspecified atom stereocenters. The van der Waals surface area contributed by atoms with E-state index in [9.17, 15) is 0 Å². The number of hydrogen-bond donors (Lipinski definition) is 1. The molecule has 0 saturated heterocycles.